The van der Waals surface area contributed by atoms with Crippen molar-refractivity contribution in [1.29, 1.82) is 5.26 Å². The zero-order chi connectivity index (χ0) is 16.7. The first-order valence-electron chi connectivity index (χ1n) is 7.56. The quantitative estimate of drug-likeness (QED) is 0.848. The summed E-state index contributed by atoms with van der Waals surface area (Å²) in [5.74, 6) is -0.410. The van der Waals surface area contributed by atoms with Gasteiger partial charge in [0.15, 0.2) is 6.10 Å². The molecule has 1 N–H and O–H groups in total. The number of hydrogen-bond donors (Lipinski definition) is 1. The van der Waals surface area contributed by atoms with Crippen LogP contribution in [0.2, 0.25) is 0 Å². The van der Waals surface area contributed by atoms with E-state index in [0.29, 0.717) is 11.3 Å². The molecule has 0 saturated carbocycles. The van der Waals surface area contributed by atoms with Crippen LogP contribution in [0.3, 0.4) is 0 Å². The maximum absolute atomic E-state index is 10.7. The van der Waals surface area contributed by atoms with Gasteiger partial charge in [0.25, 0.3) is 0 Å². The second kappa shape index (κ2) is 8.00. The van der Waals surface area contributed by atoms with Gasteiger partial charge in [0.1, 0.15) is 5.75 Å². The van der Waals surface area contributed by atoms with Gasteiger partial charge in [0.2, 0.25) is 0 Å². The lowest BCUT2D eigenvalue weighted by Crippen LogP contribution is -2.22. The third kappa shape index (κ3) is 5.15. The highest BCUT2D eigenvalue weighted by atomic mass is 16.5. The van der Waals surface area contributed by atoms with Gasteiger partial charge in [-0.15, -0.1) is 0 Å². The Labute approximate surface area is 136 Å². The van der Waals surface area contributed by atoms with Crippen molar-refractivity contribution in [1.82, 2.24) is 0 Å². The molecule has 1 atom stereocenters. The predicted octanol–water partition coefficient (Wildman–Crippen LogP) is 3.59. The van der Waals surface area contributed by atoms with E-state index in [-0.39, 0.29) is 0 Å². The zero-order valence-electron chi connectivity index (χ0n) is 13.0. The maximum atomic E-state index is 10.7. The second-order valence-electron chi connectivity index (χ2n) is 5.40. The van der Waals surface area contributed by atoms with E-state index in [1.165, 1.54) is 18.1 Å². The zero-order valence-corrected chi connectivity index (χ0v) is 13.0. The van der Waals surface area contributed by atoms with Gasteiger partial charge in [-0.25, -0.2) is 4.79 Å². The molecule has 0 aliphatic heterocycles. The number of hydrogen-bond acceptors (Lipinski definition) is 3. The fourth-order valence-electron chi connectivity index (χ4n) is 2.23. The average molecular weight is 309 g/mol. The number of ether oxygens (including phenoxy) is 1. The van der Waals surface area contributed by atoms with Crippen LogP contribution in [0.1, 0.15) is 30.0 Å². The van der Waals surface area contributed by atoms with Gasteiger partial charge < -0.3 is 9.84 Å². The van der Waals surface area contributed by atoms with Crippen LogP contribution >= 0.6 is 0 Å². The van der Waals surface area contributed by atoms with Crippen molar-refractivity contribution < 1.29 is 14.6 Å². The molecule has 0 spiro atoms. The van der Waals surface area contributed by atoms with E-state index in [1.54, 1.807) is 12.1 Å². The minimum atomic E-state index is -0.975. The third-order valence-electron chi connectivity index (χ3n) is 3.60. The Hall–Kier alpha value is -2.80. The maximum Gasteiger partial charge on any atom is 0.344 e. The standard InChI is InChI=1S/C19H19NO3/c1-14(19(21)22)23-18-11-9-16(10-12-18)4-2-3-15-5-7-17(13-20)8-6-15/h5-12,14H,2-4H2,1H3,(H,21,22). The average Bonchev–Trinajstić information content (AvgIpc) is 2.57. The van der Waals surface area contributed by atoms with Crippen LogP contribution in [0.4, 0.5) is 0 Å². The number of rotatable bonds is 7. The van der Waals surface area contributed by atoms with Gasteiger partial charge in [-0.1, -0.05) is 24.3 Å². The van der Waals surface area contributed by atoms with Crippen LogP contribution in [0.5, 0.6) is 5.75 Å². The van der Waals surface area contributed by atoms with E-state index in [2.05, 4.69) is 6.07 Å². The summed E-state index contributed by atoms with van der Waals surface area (Å²) in [7, 11) is 0. The molecule has 4 heteroatoms. The molecule has 0 saturated heterocycles. The molecule has 0 bridgehead atoms. The smallest absolute Gasteiger partial charge is 0.344 e. The van der Waals surface area contributed by atoms with Crippen LogP contribution in [0.15, 0.2) is 48.5 Å². The Morgan fingerprint density at radius 3 is 2.09 bits per heavy atom. The first-order chi connectivity index (χ1) is 11.1. The fourth-order valence-corrected chi connectivity index (χ4v) is 2.23. The predicted molar refractivity (Wildman–Crippen MR) is 87.3 cm³/mol. The van der Waals surface area contributed by atoms with Crippen LogP contribution in [0.25, 0.3) is 0 Å². The molecule has 0 aliphatic rings. The van der Waals surface area contributed by atoms with Gasteiger partial charge in [0.05, 0.1) is 11.6 Å². The molecule has 2 rings (SSSR count). The molecule has 4 nitrogen and oxygen atoms in total. The number of nitrogens with zero attached hydrogens (tertiary/aromatic N) is 1. The number of carboxylic acids is 1. The van der Waals surface area contributed by atoms with Gasteiger partial charge in [0, 0.05) is 0 Å². The van der Waals surface area contributed by atoms with E-state index < -0.39 is 12.1 Å². The van der Waals surface area contributed by atoms with Gasteiger partial charge >= 0.3 is 5.97 Å². The molecule has 0 fully saturated rings. The number of carboxylic acid groups (broad SMARTS) is 1. The lowest BCUT2D eigenvalue weighted by Gasteiger charge is -2.10. The Morgan fingerprint density at radius 2 is 1.61 bits per heavy atom. The lowest BCUT2D eigenvalue weighted by molar-refractivity contribution is -0.144. The lowest BCUT2D eigenvalue weighted by atomic mass is 10.0. The van der Waals surface area contributed by atoms with Crippen LogP contribution < -0.4 is 4.74 Å². The highest BCUT2D eigenvalue weighted by Crippen LogP contribution is 2.16. The Morgan fingerprint density at radius 1 is 1.09 bits per heavy atom. The van der Waals surface area contributed by atoms with E-state index in [1.807, 2.05) is 36.4 Å². The molecule has 2 aromatic carbocycles. The van der Waals surface area contributed by atoms with Crippen LogP contribution in [0, 0.1) is 11.3 Å². The molecule has 118 valence electrons. The van der Waals surface area contributed by atoms with Gasteiger partial charge in [-0.05, 0) is 61.6 Å². The summed E-state index contributed by atoms with van der Waals surface area (Å²) in [4.78, 5) is 10.7. The first kappa shape index (κ1) is 16.6. The molecular formula is C19H19NO3. The minimum Gasteiger partial charge on any atom is -0.479 e. The molecule has 0 aliphatic carbocycles. The Bertz CT molecular complexity index is 684. The van der Waals surface area contributed by atoms with Crippen molar-refractivity contribution in [3.05, 3.63) is 65.2 Å². The summed E-state index contributed by atoms with van der Waals surface area (Å²) in [6.07, 6.45) is 2.06. The molecule has 0 amide bonds. The Balaban J connectivity index is 1.81. The highest BCUT2D eigenvalue weighted by molar-refractivity contribution is 5.72. The molecule has 0 aromatic heterocycles. The third-order valence-corrected chi connectivity index (χ3v) is 3.60. The van der Waals surface area contributed by atoms with E-state index in [4.69, 9.17) is 15.1 Å². The van der Waals surface area contributed by atoms with Crippen molar-refractivity contribution in [3.8, 4) is 11.8 Å². The second-order valence-corrected chi connectivity index (χ2v) is 5.40. The topological polar surface area (TPSA) is 70.3 Å². The number of nitriles is 1. The highest BCUT2D eigenvalue weighted by Gasteiger charge is 2.11. The fraction of sp³-hybridized carbons (Fsp3) is 0.263. The summed E-state index contributed by atoms with van der Waals surface area (Å²) < 4.78 is 5.30. The SMILES string of the molecule is CC(Oc1ccc(CCCc2ccc(C#N)cc2)cc1)C(=O)O. The van der Waals surface area contributed by atoms with E-state index >= 15 is 0 Å². The van der Waals surface area contributed by atoms with E-state index in [0.717, 1.165) is 19.3 Å². The summed E-state index contributed by atoms with van der Waals surface area (Å²) in [5.41, 5.74) is 3.09. The summed E-state index contributed by atoms with van der Waals surface area (Å²) >= 11 is 0. The number of benzene rings is 2. The summed E-state index contributed by atoms with van der Waals surface area (Å²) in [6, 6.07) is 17.3. The molecular weight excluding hydrogens is 290 g/mol. The largest absolute Gasteiger partial charge is 0.479 e. The molecule has 2 aromatic rings. The van der Waals surface area contributed by atoms with Crippen LogP contribution in [-0.2, 0) is 17.6 Å². The molecule has 0 heterocycles. The first-order valence-corrected chi connectivity index (χ1v) is 7.56. The summed E-state index contributed by atoms with van der Waals surface area (Å²) in [5, 5.41) is 17.6. The molecule has 1 unspecified atom stereocenters. The van der Waals surface area contributed by atoms with Crippen molar-refractivity contribution >= 4 is 5.97 Å². The minimum absolute atomic E-state index is 0.566. The van der Waals surface area contributed by atoms with Crippen LogP contribution in [-0.4, -0.2) is 17.2 Å². The summed E-state index contributed by atoms with van der Waals surface area (Å²) in [6.45, 7) is 1.51. The monoisotopic (exact) mass is 309 g/mol. The molecule has 0 radical (unpaired) electrons. The van der Waals surface area contributed by atoms with Gasteiger partial charge in [-0.3, -0.25) is 0 Å². The number of aliphatic carboxylic acids is 1. The normalized spacial score (nSPS) is 11.5. The van der Waals surface area contributed by atoms with Crippen molar-refractivity contribution in [2.75, 3.05) is 0 Å². The van der Waals surface area contributed by atoms with Gasteiger partial charge in [-0.2, -0.15) is 5.26 Å². The number of carbonyl (C=O) groups is 1. The number of aryl methyl sites for hydroxylation is 2. The van der Waals surface area contributed by atoms with E-state index in [9.17, 15) is 4.79 Å². The van der Waals surface area contributed by atoms with Crippen molar-refractivity contribution in [3.63, 3.8) is 0 Å². The van der Waals surface area contributed by atoms with Crippen molar-refractivity contribution in [2.24, 2.45) is 0 Å². The van der Waals surface area contributed by atoms with Crippen molar-refractivity contribution in [2.45, 2.75) is 32.3 Å². The Kier molecular flexibility index (Phi) is 5.76. The molecule has 23 heavy (non-hydrogen) atoms.